The molecule has 0 aliphatic heterocycles. The SMILES string of the molecule is CC(C)(CCO)NCc1ccccc1/C(N)=N/O. The number of hydrogen-bond acceptors (Lipinski definition) is 4. The zero-order valence-corrected chi connectivity index (χ0v) is 10.8. The van der Waals surface area contributed by atoms with Gasteiger partial charge in [0.15, 0.2) is 5.84 Å². The van der Waals surface area contributed by atoms with Crippen molar-refractivity contribution in [2.24, 2.45) is 10.9 Å². The predicted octanol–water partition coefficient (Wildman–Crippen LogP) is 1.03. The number of benzene rings is 1. The lowest BCUT2D eigenvalue weighted by Gasteiger charge is -2.26. The van der Waals surface area contributed by atoms with Crippen LogP contribution in [0.25, 0.3) is 0 Å². The van der Waals surface area contributed by atoms with Gasteiger partial charge in [0.1, 0.15) is 0 Å². The number of hydrogen-bond donors (Lipinski definition) is 4. The van der Waals surface area contributed by atoms with E-state index in [4.69, 9.17) is 16.0 Å². The van der Waals surface area contributed by atoms with Gasteiger partial charge in [0.2, 0.25) is 0 Å². The van der Waals surface area contributed by atoms with Gasteiger partial charge in [-0.05, 0) is 25.8 Å². The topological polar surface area (TPSA) is 90.9 Å². The van der Waals surface area contributed by atoms with Crippen molar-refractivity contribution in [1.82, 2.24) is 5.32 Å². The molecule has 1 aromatic rings. The minimum atomic E-state index is -0.160. The number of nitrogens with one attached hydrogen (secondary N) is 1. The van der Waals surface area contributed by atoms with Crippen LogP contribution < -0.4 is 11.1 Å². The molecule has 5 heteroatoms. The molecule has 18 heavy (non-hydrogen) atoms. The van der Waals surface area contributed by atoms with Crippen molar-refractivity contribution < 1.29 is 10.3 Å². The van der Waals surface area contributed by atoms with Crippen LogP contribution in [0, 0.1) is 0 Å². The minimum absolute atomic E-state index is 0.104. The van der Waals surface area contributed by atoms with Crippen LogP contribution in [-0.2, 0) is 6.54 Å². The van der Waals surface area contributed by atoms with Gasteiger partial charge in [-0.3, -0.25) is 0 Å². The summed E-state index contributed by atoms with van der Waals surface area (Å²) in [4.78, 5) is 0. The molecule has 0 fully saturated rings. The zero-order chi connectivity index (χ0) is 13.6. The average Bonchev–Trinajstić information content (AvgIpc) is 2.36. The van der Waals surface area contributed by atoms with E-state index < -0.39 is 0 Å². The highest BCUT2D eigenvalue weighted by molar-refractivity contribution is 5.98. The number of aliphatic hydroxyl groups is 1. The maximum atomic E-state index is 8.97. The van der Waals surface area contributed by atoms with Crippen molar-refractivity contribution >= 4 is 5.84 Å². The van der Waals surface area contributed by atoms with Gasteiger partial charge >= 0.3 is 0 Å². The first-order chi connectivity index (χ1) is 8.50. The summed E-state index contributed by atoms with van der Waals surface area (Å²) < 4.78 is 0. The van der Waals surface area contributed by atoms with E-state index in [1.54, 1.807) is 0 Å². The summed E-state index contributed by atoms with van der Waals surface area (Å²) in [5.74, 6) is 0.104. The Labute approximate surface area is 107 Å². The van der Waals surface area contributed by atoms with Crippen molar-refractivity contribution in [3.63, 3.8) is 0 Å². The first-order valence-corrected chi connectivity index (χ1v) is 5.92. The summed E-state index contributed by atoms with van der Waals surface area (Å²) in [5, 5.41) is 24.1. The van der Waals surface area contributed by atoms with Gasteiger partial charge in [-0.25, -0.2) is 0 Å². The van der Waals surface area contributed by atoms with Gasteiger partial charge in [0.05, 0.1) is 0 Å². The molecule has 1 aromatic carbocycles. The van der Waals surface area contributed by atoms with E-state index in [0.717, 1.165) is 5.56 Å². The highest BCUT2D eigenvalue weighted by Gasteiger charge is 2.16. The second-order valence-electron chi connectivity index (χ2n) is 4.85. The van der Waals surface area contributed by atoms with Gasteiger partial charge in [0.25, 0.3) is 0 Å². The summed E-state index contributed by atoms with van der Waals surface area (Å²) in [5.41, 5.74) is 7.14. The first kappa shape index (κ1) is 14.5. The molecule has 100 valence electrons. The number of nitrogens with two attached hydrogens (primary N) is 1. The summed E-state index contributed by atoms with van der Waals surface area (Å²) in [6.45, 7) is 4.78. The number of oxime groups is 1. The van der Waals surface area contributed by atoms with Gasteiger partial charge in [0, 0.05) is 24.3 Å². The molecule has 0 heterocycles. The van der Waals surface area contributed by atoms with Crippen molar-refractivity contribution in [2.45, 2.75) is 32.4 Å². The van der Waals surface area contributed by atoms with E-state index in [0.29, 0.717) is 18.5 Å². The van der Waals surface area contributed by atoms with Crippen LogP contribution >= 0.6 is 0 Å². The Hall–Kier alpha value is -1.59. The largest absolute Gasteiger partial charge is 0.409 e. The molecule has 0 spiro atoms. The second kappa shape index (κ2) is 6.37. The normalized spacial score (nSPS) is 12.7. The Morgan fingerprint density at radius 3 is 2.67 bits per heavy atom. The summed E-state index contributed by atoms with van der Waals surface area (Å²) >= 11 is 0. The van der Waals surface area contributed by atoms with E-state index >= 15 is 0 Å². The third-order valence-corrected chi connectivity index (χ3v) is 2.90. The maximum Gasteiger partial charge on any atom is 0.170 e. The van der Waals surface area contributed by atoms with Crippen molar-refractivity contribution in [2.75, 3.05) is 6.61 Å². The van der Waals surface area contributed by atoms with Crippen LogP contribution in [0.15, 0.2) is 29.4 Å². The van der Waals surface area contributed by atoms with Gasteiger partial charge in [-0.15, -0.1) is 0 Å². The molecular weight excluding hydrogens is 230 g/mol. The molecule has 0 aliphatic rings. The number of aliphatic hydroxyl groups excluding tert-OH is 1. The first-order valence-electron chi connectivity index (χ1n) is 5.92. The molecule has 0 amide bonds. The monoisotopic (exact) mass is 251 g/mol. The lowest BCUT2D eigenvalue weighted by Crippen LogP contribution is -2.39. The number of rotatable bonds is 6. The average molecular weight is 251 g/mol. The molecule has 0 aliphatic carbocycles. The molecule has 0 atom stereocenters. The Bertz CT molecular complexity index is 416. The van der Waals surface area contributed by atoms with E-state index in [-0.39, 0.29) is 18.0 Å². The quantitative estimate of drug-likeness (QED) is 0.263. The molecule has 0 bridgehead atoms. The third-order valence-electron chi connectivity index (χ3n) is 2.90. The molecule has 0 aromatic heterocycles. The number of nitrogens with zero attached hydrogens (tertiary/aromatic N) is 1. The van der Waals surface area contributed by atoms with Crippen LogP contribution in [-0.4, -0.2) is 28.3 Å². The molecule has 0 saturated heterocycles. The fraction of sp³-hybridized carbons (Fsp3) is 0.462. The Morgan fingerprint density at radius 1 is 1.39 bits per heavy atom. The molecular formula is C13H21N3O2. The standard InChI is InChI=1S/C13H21N3O2/c1-13(2,7-8-17)15-9-10-5-3-4-6-11(10)12(14)16-18/h3-6,15,17-18H,7-9H2,1-2H3,(H2,14,16). The fourth-order valence-electron chi connectivity index (χ4n) is 1.68. The molecule has 1 rings (SSSR count). The van der Waals surface area contributed by atoms with Crippen LogP contribution in [0.5, 0.6) is 0 Å². The van der Waals surface area contributed by atoms with E-state index in [9.17, 15) is 0 Å². The van der Waals surface area contributed by atoms with Crippen molar-refractivity contribution in [3.8, 4) is 0 Å². The van der Waals surface area contributed by atoms with E-state index in [2.05, 4.69) is 10.5 Å². The fourth-order valence-corrected chi connectivity index (χ4v) is 1.68. The molecule has 0 unspecified atom stereocenters. The van der Waals surface area contributed by atoms with E-state index in [1.165, 1.54) is 0 Å². The Balaban J connectivity index is 2.79. The smallest absolute Gasteiger partial charge is 0.170 e. The third kappa shape index (κ3) is 4.01. The van der Waals surface area contributed by atoms with Crippen LogP contribution in [0.3, 0.4) is 0 Å². The molecule has 5 N–H and O–H groups in total. The summed E-state index contributed by atoms with van der Waals surface area (Å²) in [7, 11) is 0. The Morgan fingerprint density at radius 2 is 2.06 bits per heavy atom. The zero-order valence-electron chi connectivity index (χ0n) is 10.8. The van der Waals surface area contributed by atoms with Gasteiger partial charge < -0.3 is 21.4 Å². The van der Waals surface area contributed by atoms with Crippen molar-refractivity contribution in [3.05, 3.63) is 35.4 Å². The highest BCUT2D eigenvalue weighted by atomic mass is 16.4. The van der Waals surface area contributed by atoms with Crippen LogP contribution in [0.4, 0.5) is 0 Å². The van der Waals surface area contributed by atoms with Crippen LogP contribution in [0.2, 0.25) is 0 Å². The lowest BCUT2D eigenvalue weighted by molar-refractivity contribution is 0.230. The van der Waals surface area contributed by atoms with E-state index in [1.807, 2.05) is 38.1 Å². The highest BCUT2D eigenvalue weighted by Crippen LogP contribution is 2.12. The lowest BCUT2D eigenvalue weighted by atomic mass is 9.99. The Kier molecular flexibility index (Phi) is 5.12. The van der Waals surface area contributed by atoms with Gasteiger partial charge in [-0.2, -0.15) is 0 Å². The molecule has 0 radical (unpaired) electrons. The number of amidine groups is 1. The van der Waals surface area contributed by atoms with Crippen molar-refractivity contribution in [1.29, 1.82) is 0 Å². The predicted molar refractivity (Wildman–Crippen MR) is 71.6 cm³/mol. The maximum absolute atomic E-state index is 8.97. The minimum Gasteiger partial charge on any atom is -0.409 e. The summed E-state index contributed by atoms with van der Waals surface area (Å²) in [6, 6.07) is 7.49. The molecule has 5 nitrogen and oxygen atoms in total. The van der Waals surface area contributed by atoms with Crippen LogP contribution in [0.1, 0.15) is 31.4 Å². The second-order valence-corrected chi connectivity index (χ2v) is 4.85. The van der Waals surface area contributed by atoms with Gasteiger partial charge in [-0.1, -0.05) is 29.4 Å². The molecule has 0 saturated carbocycles. The summed E-state index contributed by atoms with van der Waals surface area (Å²) in [6.07, 6.45) is 0.665.